The van der Waals surface area contributed by atoms with E-state index in [4.69, 9.17) is 19.9 Å². The molecule has 0 bridgehead atoms. The Balaban J connectivity index is 1.31. The summed E-state index contributed by atoms with van der Waals surface area (Å²) in [5.41, 5.74) is 8.60. The molecule has 31 heavy (non-hydrogen) atoms. The van der Waals surface area contributed by atoms with Gasteiger partial charge in [0.2, 0.25) is 0 Å². The molecule has 8 heteroatoms. The van der Waals surface area contributed by atoms with Gasteiger partial charge in [-0.25, -0.2) is 9.67 Å². The Kier molecular flexibility index (Phi) is 7.11. The lowest BCUT2D eigenvalue weighted by atomic mass is 9.98. The van der Waals surface area contributed by atoms with E-state index in [1.807, 2.05) is 42.6 Å². The van der Waals surface area contributed by atoms with Crippen molar-refractivity contribution in [3.8, 4) is 11.6 Å². The maximum absolute atomic E-state index is 5.87. The minimum atomic E-state index is -0.0955. The van der Waals surface area contributed by atoms with Crippen LogP contribution in [0.25, 0.3) is 5.82 Å². The first-order valence-corrected chi connectivity index (χ1v) is 11.0. The molecule has 7 nitrogen and oxygen atoms in total. The molecular weight excluding hydrogens is 412 g/mol. The summed E-state index contributed by atoms with van der Waals surface area (Å²) < 4.78 is 18.7. The van der Waals surface area contributed by atoms with E-state index in [9.17, 15) is 0 Å². The number of pyridine rings is 1. The maximum Gasteiger partial charge on any atom is 0.157 e. The number of thiol groups is 1. The lowest BCUT2D eigenvalue weighted by Crippen LogP contribution is -2.24. The second kappa shape index (κ2) is 10.2. The molecule has 0 spiro atoms. The van der Waals surface area contributed by atoms with Crippen LogP contribution < -0.4 is 10.5 Å². The Bertz CT molecular complexity index is 987. The van der Waals surface area contributed by atoms with Crippen LogP contribution in [0.3, 0.4) is 0 Å². The van der Waals surface area contributed by atoms with E-state index < -0.39 is 0 Å². The fraction of sp³-hybridized carbons (Fsp3) is 0.391. The lowest BCUT2D eigenvalue weighted by molar-refractivity contribution is -0.165. The molecule has 0 radical (unpaired) electrons. The minimum Gasteiger partial charge on any atom is -0.490 e. The van der Waals surface area contributed by atoms with Crippen molar-refractivity contribution in [2.75, 3.05) is 25.6 Å². The van der Waals surface area contributed by atoms with Gasteiger partial charge in [0, 0.05) is 29.3 Å². The Morgan fingerprint density at radius 1 is 1.23 bits per heavy atom. The first kappa shape index (κ1) is 21.7. The molecule has 164 valence electrons. The van der Waals surface area contributed by atoms with Crippen LogP contribution in [0.5, 0.6) is 5.75 Å². The zero-order valence-corrected chi connectivity index (χ0v) is 18.5. The molecule has 2 N–H and O–H groups in total. The summed E-state index contributed by atoms with van der Waals surface area (Å²) in [5.74, 6) is 1.54. The van der Waals surface area contributed by atoms with E-state index in [-0.39, 0.29) is 12.2 Å². The van der Waals surface area contributed by atoms with Crippen molar-refractivity contribution in [2.24, 2.45) is 0 Å². The predicted octanol–water partition coefficient (Wildman–Crippen LogP) is 4.21. The van der Waals surface area contributed by atoms with Gasteiger partial charge >= 0.3 is 0 Å². The molecule has 1 saturated heterocycles. The molecule has 2 unspecified atom stereocenters. The first-order valence-electron chi connectivity index (χ1n) is 10.6. The quantitative estimate of drug-likeness (QED) is 0.310. The Hall–Kier alpha value is -2.55. The summed E-state index contributed by atoms with van der Waals surface area (Å²) in [6.07, 6.45) is 6.73. The molecule has 4 rings (SSSR count). The number of benzene rings is 1. The van der Waals surface area contributed by atoms with Crippen LogP contribution in [-0.2, 0) is 9.47 Å². The number of nitrogen functional groups attached to an aromatic ring is 1. The second-order valence-electron chi connectivity index (χ2n) is 7.59. The van der Waals surface area contributed by atoms with Crippen molar-refractivity contribution < 1.29 is 14.2 Å². The molecule has 3 aromatic rings. The number of ether oxygens (including phenoxy) is 3. The van der Waals surface area contributed by atoms with Gasteiger partial charge in [0.15, 0.2) is 12.1 Å². The SMILES string of the molecule is CC(c1ccc(N)c(S)c1)c1ccn(-c2ccc(OCCOC3CCCCO3)cn2)n1. The molecule has 1 aliphatic rings. The largest absolute Gasteiger partial charge is 0.490 e. The average molecular weight is 441 g/mol. The molecule has 0 aliphatic carbocycles. The molecule has 3 heterocycles. The molecule has 0 amide bonds. The minimum absolute atomic E-state index is 0.0955. The number of anilines is 1. The zero-order chi connectivity index (χ0) is 21.6. The predicted molar refractivity (Wildman–Crippen MR) is 122 cm³/mol. The van der Waals surface area contributed by atoms with Gasteiger partial charge in [-0.1, -0.05) is 13.0 Å². The van der Waals surface area contributed by atoms with Crippen LogP contribution >= 0.6 is 12.6 Å². The Morgan fingerprint density at radius 2 is 2.13 bits per heavy atom. The number of nitrogens with zero attached hydrogens (tertiary/aromatic N) is 3. The number of aromatic nitrogens is 3. The van der Waals surface area contributed by atoms with E-state index in [0.717, 1.165) is 47.8 Å². The number of hydrogen-bond donors (Lipinski definition) is 2. The van der Waals surface area contributed by atoms with Gasteiger partial charge in [0.05, 0.1) is 18.5 Å². The number of nitrogens with two attached hydrogens (primary N) is 1. The maximum atomic E-state index is 5.87. The second-order valence-corrected chi connectivity index (χ2v) is 8.07. The van der Waals surface area contributed by atoms with Gasteiger partial charge in [0.25, 0.3) is 0 Å². The molecule has 1 aliphatic heterocycles. The highest BCUT2D eigenvalue weighted by atomic mass is 32.1. The van der Waals surface area contributed by atoms with E-state index in [1.54, 1.807) is 10.9 Å². The van der Waals surface area contributed by atoms with E-state index in [2.05, 4.69) is 29.6 Å². The Labute approximate surface area is 187 Å². The summed E-state index contributed by atoms with van der Waals surface area (Å²) in [6.45, 7) is 3.84. The van der Waals surface area contributed by atoms with Crippen LogP contribution in [0.4, 0.5) is 5.69 Å². The third kappa shape index (κ3) is 5.58. The third-order valence-corrected chi connectivity index (χ3v) is 5.74. The van der Waals surface area contributed by atoms with Crippen molar-refractivity contribution in [1.29, 1.82) is 0 Å². The third-order valence-electron chi connectivity index (χ3n) is 5.36. The van der Waals surface area contributed by atoms with Crippen molar-refractivity contribution in [1.82, 2.24) is 14.8 Å². The van der Waals surface area contributed by atoms with Gasteiger partial charge < -0.3 is 19.9 Å². The highest BCUT2D eigenvalue weighted by Gasteiger charge is 2.15. The summed E-state index contributed by atoms with van der Waals surface area (Å²) in [4.78, 5) is 5.25. The van der Waals surface area contributed by atoms with Gasteiger partial charge in [-0.2, -0.15) is 5.10 Å². The van der Waals surface area contributed by atoms with Gasteiger partial charge in [-0.05, 0) is 55.2 Å². The van der Waals surface area contributed by atoms with Crippen LogP contribution in [0, 0.1) is 0 Å². The van der Waals surface area contributed by atoms with Crippen LogP contribution in [-0.4, -0.2) is 40.9 Å². The number of rotatable bonds is 8. The van der Waals surface area contributed by atoms with Gasteiger partial charge in [0.1, 0.15) is 12.4 Å². The highest BCUT2D eigenvalue weighted by Crippen LogP contribution is 2.27. The van der Waals surface area contributed by atoms with E-state index in [1.165, 1.54) is 0 Å². The molecule has 2 atom stereocenters. The molecule has 2 aromatic heterocycles. The molecular formula is C23H28N4O3S. The van der Waals surface area contributed by atoms with Gasteiger partial charge in [-0.15, -0.1) is 12.6 Å². The number of hydrogen-bond acceptors (Lipinski definition) is 7. The Morgan fingerprint density at radius 3 is 2.87 bits per heavy atom. The van der Waals surface area contributed by atoms with Crippen molar-refractivity contribution >= 4 is 18.3 Å². The van der Waals surface area contributed by atoms with Crippen molar-refractivity contribution in [2.45, 2.75) is 43.3 Å². The topological polar surface area (TPSA) is 84.4 Å². The lowest BCUT2D eigenvalue weighted by Gasteiger charge is -2.22. The zero-order valence-electron chi connectivity index (χ0n) is 17.6. The van der Waals surface area contributed by atoms with Crippen LogP contribution in [0.15, 0.2) is 53.7 Å². The summed E-state index contributed by atoms with van der Waals surface area (Å²) >= 11 is 4.42. The van der Waals surface area contributed by atoms with Gasteiger partial charge in [-0.3, -0.25) is 0 Å². The fourth-order valence-corrected chi connectivity index (χ4v) is 3.70. The standard InChI is InChI=1S/C23H28N4O3S/c1-16(17-5-7-19(24)21(31)14-17)20-9-10-27(26-20)22-8-6-18(15-25-22)28-12-13-30-23-4-2-3-11-29-23/h5-10,14-16,23,31H,2-4,11-13,24H2,1H3. The average Bonchev–Trinajstić information content (AvgIpc) is 3.29. The van der Waals surface area contributed by atoms with Crippen LogP contribution in [0.1, 0.15) is 43.4 Å². The van der Waals surface area contributed by atoms with Crippen molar-refractivity contribution in [3.05, 3.63) is 60.0 Å². The smallest absolute Gasteiger partial charge is 0.157 e. The van der Waals surface area contributed by atoms with E-state index in [0.29, 0.717) is 24.7 Å². The molecule has 0 saturated carbocycles. The van der Waals surface area contributed by atoms with Crippen molar-refractivity contribution in [3.63, 3.8) is 0 Å². The molecule has 1 aromatic carbocycles. The fourth-order valence-electron chi connectivity index (χ4n) is 3.47. The highest BCUT2D eigenvalue weighted by molar-refractivity contribution is 7.80. The summed E-state index contributed by atoms with van der Waals surface area (Å²) in [5, 5.41) is 4.69. The summed E-state index contributed by atoms with van der Waals surface area (Å²) in [6, 6.07) is 11.6. The normalized spacial score (nSPS) is 17.4. The molecule has 1 fully saturated rings. The monoisotopic (exact) mass is 440 g/mol. The summed E-state index contributed by atoms with van der Waals surface area (Å²) in [7, 11) is 0. The van der Waals surface area contributed by atoms with E-state index >= 15 is 0 Å². The van der Waals surface area contributed by atoms with Crippen LogP contribution in [0.2, 0.25) is 0 Å². The first-order chi connectivity index (χ1) is 15.1.